The van der Waals surface area contributed by atoms with E-state index in [4.69, 9.17) is 14.6 Å². The maximum absolute atomic E-state index is 13.1. The maximum Gasteiger partial charge on any atom is 0.204 e. The lowest BCUT2D eigenvalue weighted by Crippen LogP contribution is -2.10. The number of halogens is 4. The van der Waals surface area contributed by atoms with Crippen molar-refractivity contribution in [2.24, 2.45) is 0 Å². The summed E-state index contributed by atoms with van der Waals surface area (Å²) in [6.45, 7) is 0.876. The Kier molecular flexibility index (Phi) is 5.01. The van der Waals surface area contributed by atoms with E-state index in [9.17, 15) is 17.6 Å². The van der Waals surface area contributed by atoms with E-state index in [1.807, 2.05) is 0 Å². The molecule has 2 heterocycles. The molecule has 25 heavy (non-hydrogen) atoms. The highest BCUT2D eigenvalue weighted by molar-refractivity contribution is 5.43. The van der Waals surface area contributed by atoms with Crippen molar-refractivity contribution >= 4 is 0 Å². The molecule has 0 amide bonds. The summed E-state index contributed by atoms with van der Waals surface area (Å²) in [5.74, 6) is -4.62. The van der Waals surface area contributed by atoms with E-state index in [2.05, 4.69) is 0 Å². The van der Waals surface area contributed by atoms with Gasteiger partial charge in [-0.05, 0) is 43.4 Å². The van der Waals surface area contributed by atoms with E-state index in [1.54, 1.807) is 6.07 Å². The lowest BCUT2D eigenvalue weighted by atomic mass is 10.1. The number of fused-ring (bicyclic) bond motifs is 2. The van der Waals surface area contributed by atoms with Gasteiger partial charge in [-0.3, -0.25) is 0 Å². The minimum absolute atomic E-state index is 0.0541. The highest BCUT2D eigenvalue weighted by Gasteiger charge is 2.21. The van der Waals surface area contributed by atoms with Gasteiger partial charge in [0.1, 0.15) is 0 Å². The van der Waals surface area contributed by atoms with Crippen molar-refractivity contribution in [1.29, 1.82) is 0 Å². The van der Waals surface area contributed by atoms with Crippen LogP contribution in [0, 0.1) is 23.3 Å². The van der Waals surface area contributed by atoms with Crippen LogP contribution in [0.4, 0.5) is 17.6 Å². The molecule has 134 valence electrons. The zero-order chi connectivity index (χ0) is 18.0. The average Bonchev–Trinajstić information content (AvgIpc) is 2.64. The minimum atomic E-state index is -1.24. The van der Waals surface area contributed by atoms with Crippen LogP contribution >= 0.6 is 0 Å². The Morgan fingerprint density at radius 1 is 0.760 bits per heavy atom. The third-order valence-corrected chi connectivity index (χ3v) is 4.02. The molecule has 4 rings (SSSR count). The first-order valence-corrected chi connectivity index (χ1v) is 7.91. The second-order valence-electron chi connectivity index (χ2n) is 5.77. The van der Waals surface area contributed by atoms with Gasteiger partial charge in [0, 0.05) is 5.56 Å². The van der Waals surface area contributed by atoms with Crippen molar-refractivity contribution in [3.05, 3.63) is 52.6 Å². The highest BCUT2D eigenvalue weighted by atomic mass is 19.2. The summed E-state index contributed by atoms with van der Waals surface area (Å²) in [4.78, 5) is 0. The third kappa shape index (κ3) is 3.50. The number of aromatic hydroxyl groups is 1. The molecule has 2 aromatic rings. The second-order valence-corrected chi connectivity index (χ2v) is 5.77. The molecule has 3 nitrogen and oxygen atoms in total. The van der Waals surface area contributed by atoms with Gasteiger partial charge in [-0.2, -0.15) is 13.2 Å². The van der Waals surface area contributed by atoms with Crippen LogP contribution in [0.15, 0.2) is 18.2 Å². The molecule has 0 spiro atoms. The number of phenolic OH excluding ortho intramolecular Hbond substituents is 1. The Morgan fingerprint density at radius 3 is 2.04 bits per heavy atom. The number of phenols is 1. The number of benzene rings is 2. The summed E-state index contributed by atoms with van der Waals surface area (Å²) in [7, 11) is 0. The van der Waals surface area contributed by atoms with Gasteiger partial charge in [-0.1, -0.05) is 6.07 Å². The van der Waals surface area contributed by atoms with Crippen LogP contribution in [0.2, 0.25) is 0 Å². The zero-order valence-corrected chi connectivity index (χ0v) is 13.3. The molecule has 0 aromatic heterocycles. The van der Waals surface area contributed by atoms with E-state index < -0.39 is 29.0 Å². The Balaban J connectivity index is 0.000000146. The van der Waals surface area contributed by atoms with Crippen LogP contribution < -0.4 is 9.47 Å². The number of hydrogen-bond acceptors (Lipinski definition) is 3. The van der Waals surface area contributed by atoms with Crippen molar-refractivity contribution in [1.82, 2.24) is 0 Å². The Morgan fingerprint density at radius 2 is 1.36 bits per heavy atom. The van der Waals surface area contributed by atoms with Crippen LogP contribution in [0.5, 0.6) is 17.2 Å². The Bertz CT molecular complexity index is 793. The van der Waals surface area contributed by atoms with E-state index in [-0.39, 0.29) is 11.5 Å². The number of aryl methyl sites for hydroxylation is 2. The number of hydrogen-bond donors (Lipinski definition) is 1. The minimum Gasteiger partial charge on any atom is -0.505 e. The molecule has 2 aliphatic heterocycles. The predicted octanol–water partition coefficient (Wildman–Crippen LogP) is 4.29. The van der Waals surface area contributed by atoms with Gasteiger partial charge in [0.05, 0.1) is 13.2 Å². The smallest absolute Gasteiger partial charge is 0.204 e. The van der Waals surface area contributed by atoms with E-state index in [0.29, 0.717) is 25.2 Å². The molecule has 0 unspecified atom stereocenters. The molecular weight excluding hydrogens is 340 g/mol. The van der Waals surface area contributed by atoms with Crippen molar-refractivity contribution in [2.45, 2.75) is 25.7 Å². The lowest BCUT2D eigenvalue weighted by molar-refractivity contribution is 0.264. The molecule has 1 N–H and O–H groups in total. The van der Waals surface area contributed by atoms with E-state index >= 15 is 0 Å². The molecule has 0 saturated heterocycles. The maximum atomic E-state index is 13.1. The number of ether oxygens (including phenoxy) is 2. The molecule has 2 aromatic carbocycles. The fraction of sp³-hybridized carbons (Fsp3) is 0.333. The van der Waals surface area contributed by atoms with Gasteiger partial charge in [0.25, 0.3) is 0 Å². The Labute approximate surface area is 141 Å². The second kappa shape index (κ2) is 7.21. The van der Waals surface area contributed by atoms with Crippen molar-refractivity contribution in [3.8, 4) is 17.2 Å². The molecule has 0 atom stereocenters. The van der Waals surface area contributed by atoms with Crippen LogP contribution in [-0.4, -0.2) is 18.3 Å². The third-order valence-electron chi connectivity index (χ3n) is 4.02. The summed E-state index contributed by atoms with van der Waals surface area (Å²) >= 11 is 0. The molecule has 0 saturated carbocycles. The highest BCUT2D eigenvalue weighted by Crippen LogP contribution is 2.34. The molecule has 0 bridgehead atoms. The normalized spacial score (nSPS) is 15.0. The monoisotopic (exact) mass is 356 g/mol. The average molecular weight is 356 g/mol. The van der Waals surface area contributed by atoms with Gasteiger partial charge in [-0.15, -0.1) is 0 Å². The van der Waals surface area contributed by atoms with Crippen LogP contribution in [0.25, 0.3) is 0 Å². The fourth-order valence-electron chi connectivity index (χ4n) is 2.79. The van der Waals surface area contributed by atoms with Crippen LogP contribution in [0.1, 0.15) is 24.0 Å². The summed E-state index contributed by atoms with van der Waals surface area (Å²) in [5.41, 5.74) is 1.29. The first-order chi connectivity index (χ1) is 12.0. The Hall–Kier alpha value is -2.44. The molecule has 2 aliphatic rings. The SMILES string of the molecule is Fc1ccc2c(c1F)OCCC2.Oc1cc2c(c(F)c1F)OCCC2. The summed E-state index contributed by atoms with van der Waals surface area (Å²) in [6, 6.07) is 3.93. The summed E-state index contributed by atoms with van der Waals surface area (Å²) < 4.78 is 61.5. The molecule has 0 aliphatic carbocycles. The summed E-state index contributed by atoms with van der Waals surface area (Å²) in [5, 5.41) is 8.99. The standard InChI is InChI=1S/C9H8F2O2.C9H8F2O/c10-7-6(12)4-5-2-1-3-13-9(5)8(7)11;10-7-4-3-6-2-1-5-12-9(6)8(7)11/h4,12H,1-3H2;3-4H,1-2,5H2. The van der Waals surface area contributed by atoms with Crippen LogP contribution in [0.3, 0.4) is 0 Å². The van der Waals surface area contributed by atoms with E-state index in [1.165, 1.54) is 6.07 Å². The zero-order valence-electron chi connectivity index (χ0n) is 13.3. The van der Waals surface area contributed by atoms with E-state index in [0.717, 1.165) is 30.9 Å². The van der Waals surface area contributed by atoms with Gasteiger partial charge < -0.3 is 14.6 Å². The van der Waals surface area contributed by atoms with Crippen molar-refractivity contribution in [2.75, 3.05) is 13.2 Å². The number of rotatable bonds is 0. The van der Waals surface area contributed by atoms with Crippen LogP contribution in [-0.2, 0) is 12.8 Å². The van der Waals surface area contributed by atoms with Gasteiger partial charge >= 0.3 is 0 Å². The van der Waals surface area contributed by atoms with Crippen molar-refractivity contribution < 1.29 is 32.1 Å². The summed E-state index contributed by atoms with van der Waals surface area (Å²) in [6.07, 6.45) is 3.02. The molecule has 0 fully saturated rings. The molecular formula is C18H16F4O3. The van der Waals surface area contributed by atoms with Gasteiger partial charge in [-0.25, -0.2) is 4.39 Å². The largest absolute Gasteiger partial charge is 0.505 e. The van der Waals surface area contributed by atoms with Crippen molar-refractivity contribution in [3.63, 3.8) is 0 Å². The first kappa shape index (κ1) is 17.4. The first-order valence-electron chi connectivity index (χ1n) is 7.91. The molecule has 0 radical (unpaired) electrons. The lowest BCUT2D eigenvalue weighted by Gasteiger charge is -2.18. The van der Waals surface area contributed by atoms with Gasteiger partial charge in [0.15, 0.2) is 23.1 Å². The topological polar surface area (TPSA) is 38.7 Å². The quantitative estimate of drug-likeness (QED) is 0.716. The predicted molar refractivity (Wildman–Crippen MR) is 82.0 cm³/mol. The fourth-order valence-corrected chi connectivity index (χ4v) is 2.79. The van der Waals surface area contributed by atoms with Gasteiger partial charge in [0.2, 0.25) is 17.5 Å². The molecule has 7 heteroatoms.